The van der Waals surface area contributed by atoms with Crippen LogP contribution in [0.1, 0.15) is 94.9 Å². The van der Waals surface area contributed by atoms with Gasteiger partial charge in [0, 0.05) is 41.7 Å². The van der Waals surface area contributed by atoms with E-state index in [1.807, 2.05) is 41.5 Å². The van der Waals surface area contributed by atoms with Crippen molar-refractivity contribution >= 4 is 35.7 Å². The monoisotopic (exact) mass is 624 g/mol. The quantitative estimate of drug-likeness (QED) is 0.176. The Hall–Kier alpha value is -2.88. The lowest BCUT2D eigenvalue weighted by Gasteiger charge is -2.42. The highest BCUT2D eigenvalue weighted by atomic mass is 16.7. The first-order valence-electron chi connectivity index (χ1n) is 16.1. The molecule has 246 valence electrons. The van der Waals surface area contributed by atoms with E-state index in [4.69, 9.17) is 14.2 Å². The van der Waals surface area contributed by atoms with Crippen LogP contribution in [0.5, 0.6) is 0 Å². The average Bonchev–Trinajstić information content (AvgIpc) is 3.63. The molecule has 2 fully saturated rings. The van der Waals surface area contributed by atoms with E-state index < -0.39 is 11.2 Å². The minimum absolute atomic E-state index is 0.000370. The summed E-state index contributed by atoms with van der Waals surface area (Å²) in [7, 11) is 0. The lowest BCUT2D eigenvalue weighted by Crippen LogP contribution is -2.54. The van der Waals surface area contributed by atoms with E-state index in [0.29, 0.717) is 43.0 Å². The molecule has 9 heteroatoms. The lowest BCUT2D eigenvalue weighted by atomic mass is 9.64. The number of allylic oxidation sites excluding steroid dienone is 4. The highest BCUT2D eigenvalue weighted by Crippen LogP contribution is 2.65. The molecule has 0 aromatic rings. The van der Waals surface area contributed by atoms with E-state index in [1.165, 1.54) is 19.4 Å². The van der Waals surface area contributed by atoms with Gasteiger partial charge < -0.3 is 14.2 Å². The molecule has 0 aromatic heterocycles. The summed E-state index contributed by atoms with van der Waals surface area (Å²) < 4.78 is 18.1. The maximum Gasteiger partial charge on any atom is 0.167 e. The van der Waals surface area contributed by atoms with Crippen LogP contribution in [0.15, 0.2) is 33.4 Å². The first-order chi connectivity index (χ1) is 21.0. The molecule has 0 N–H and O–H groups in total. The van der Waals surface area contributed by atoms with E-state index in [0.717, 1.165) is 5.57 Å². The van der Waals surface area contributed by atoms with Crippen molar-refractivity contribution in [3.8, 4) is 0 Å². The van der Waals surface area contributed by atoms with Crippen molar-refractivity contribution in [2.24, 2.45) is 23.7 Å². The Balaban J connectivity index is 0.000000205. The Kier molecular flexibility index (Phi) is 9.89. The summed E-state index contributed by atoms with van der Waals surface area (Å²) in [6, 6.07) is 0. The van der Waals surface area contributed by atoms with Crippen molar-refractivity contribution in [3.63, 3.8) is 0 Å². The van der Waals surface area contributed by atoms with Crippen LogP contribution < -0.4 is 0 Å². The van der Waals surface area contributed by atoms with E-state index >= 15 is 0 Å². The third-order valence-electron chi connectivity index (χ3n) is 11.4. The molecule has 3 heterocycles. The molecule has 0 radical (unpaired) electrons. The smallest absolute Gasteiger partial charge is 0.167 e. The third-order valence-corrected chi connectivity index (χ3v) is 11.4. The van der Waals surface area contributed by atoms with Gasteiger partial charge in [0.1, 0.15) is 23.8 Å². The number of aldehydes is 2. The standard InChI is InChI=1S/C18H24O5.C18H24O4/c1-9-11(3)22-12(4)17(5)18(9,23-17)14-6-13(8-19)16(10(2)20)15(21)7-14;1-9-12(4)22-13(5)10(2)17(9)14-6-15(8-19)18(11(3)20)16(21)7-14/h8-9,11-12,14H,6-7H2,1-5H3;8-9,12-14H,6-7H2,1-5H3. The second-order valence-corrected chi connectivity index (χ2v) is 13.9. The SMILES string of the molecule is CC(=O)C1=C(C=O)CC(C23OC2(C)C(C)OC(C)C3C)CC1=O.CC(=O)C1=C(C=O)CC(C2=C(C)C(C)OC(C)C2C)CC1=O. The third kappa shape index (κ3) is 5.80. The van der Waals surface area contributed by atoms with Crippen LogP contribution in [0.4, 0.5) is 0 Å². The van der Waals surface area contributed by atoms with Crippen LogP contribution in [0, 0.1) is 23.7 Å². The molecule has 0 saturated carbocycles. The molecule has 0 amide bonds. The number of carbonyl (C=O) groups excluding carboxylic acids is 6. The van der Waals surface area contributed by atoms with Crippen LogP contribution in [-0.4, -0.2) is 71.3 Å². The van der Waals surface area contributed by atoms with Crippen LogP contribution >= 0.6 is 0 Å². The summed E-state index contributed by atoms with van der Waals surface area (Å²) in [6.45, 7) is 19.0. The zero-order valence-electron chi connectivity index (χ0n) is 28.3. The van der Waals surface area contributed by atoms with Gasteiger partial charge >= 0.3 is 0 Å². The molecule has 0 aromatic carbocycles. The van der Waals surface area contributed by atoms with Gasteiger partial charge in [-0.05, 0) is 79.7 Å². The van der Waals surface area contributed by atoms with Gasteiger partial charge in [-0.2, -0.15) is 0 Å². The van der Waals surface area contributed by atoms with E-state index in [1.54, 1.807) is 0 Å². The number of rotatable bonds is 6. The van der Waals surface area contributed by atoms with Crippen LogP contribution in [0.3, 0.4) is 0 Å². The zero-order chi connectivity index (χ0) is 33.8. The summed E-state index contributed by atoms with van der Waals surface area (Å²) in [5.74, 6) is -0.833. The normalized spacial score (nSPS) is 40.0. The number of hydrogen-bond donors (Lipinski definition) is 0. The van der Waals surface area contributed by atoms with Crippen molar-refractivity contribution in [1.29, 1.82) is 0 Å². The maximum atomic E-state index is 12.5. The molecule has 45 heavy (non-hydrogen) atoms. The molecular weight excluding hydrogens is 576 g/mol. The Labute approximate surface area is 266 Å². The fraction of sp³-hybridized carbons (Fsp3) is 0.667. The molecule has 0 bridgehead atoms. The Bertz CT molecular complexity index is 1410. The number of epoxide rings is 1. The van der Waals surface area contributed by atoms with Crippen molar-refractivity contribution < 1.29 is 43.0 Å². The first kappa shape index (κ1) is 35.0. The molecule has 2 aliphatic carbocycles. The van der Waals surface area contributed by atoms with Gasteiger partial charge in [-0.25, -0.2) is 0 Å². The molecule has 5 aliphatic rings. The van der Waals surface area contributed by atoms with Gasteiger partial charge in [-0.1, -0.05) is 19.4 Å². The molecule has 2 saturated heterocycles. The Morgan fingerprint density at radius 1 is 0.778 bits per heavy atom. The van der Waals surface area contributed by atoms with Gasteiger partial charge in [0.05, 0.1) is 35.6 Å². The average molecular weight is 625 g/mol. The number of hydrogen-bond acceptors (Lipinski definition) is 9. The van der Waals surface area contributed by atoms with Crippen LogP contribution in [0.25, 0.3) is 0 Å². The minimum atomic E-state index is -0.462. The predicted octanol–water partition coefficient (Wildman–Crippen LogP) is 4.83. The second-order valence-electron chi connectivity index (χ2n) is 13.9. The van der Waals surface area contributed by atoms with E-state index in [9.17, 15) is 28.8 Å². The molecule has 10 unspecified atom stereocenters. The Morgan fingerprint density at radius 2 is 1.31 bits per heavy atom. The van der Waals surface area contributed by atoms with Crippen molar-refractivity contribution in [3.05, 3.63) is 33.4 Å². The lowest BCUT2D eigenvalue weighted by molar-refractivity contribution is -0.125. The Morgan fingerprint density at radius 3 is 1.84 bits per heavy atom. The van der Waals surface area contributed by atoms with E-state index in [2.05, 4.69) is 13.8 Å². The maximum absolute atomic E-state index is 12.5. The van der Waals surface area contributed by atoms with Gasteiger partial charge in [0.15, 0.2) is 23.1 Å². The summed E-state index contributed by atoms with van der Waals surface area (Å²) in [5, 5.41) is 0. The van der Waals surface area contributed by atoms with Gasteiger partial charge in [0.2, 0.25) is 0 Å². The number of carbonyl (C=O) groups is 6. The fourth-order valence-electron chi connectivity index (χ4n) is 8.60. The van der Waals surface area contributed by atoms with Crippen LogP contribution in [-0.2, 0) is 43.0 Å². The first-order valence-corrected chi connectivity index (χ1v) is 16.1. The topological polar surface area (TPSA) is 133 Å². The number of fused-ring (bicyclic) bond motifs is 1. The summed E-state index contributed by atoms with van der Waals surface area (Å²) in [5.41, 5.74) is 2.34. The highest BCUT2D eigenvalue weighted by Gasteiger charge is 2.78. The van der Waals surface area contributed by atoms with Crippen molar-refractivity contribution in [1.82, 2.24) is 0 Å². The summed E-state index contributed by atoms with van der Waals surface area (Å²) in [4.78, 5) is 70.9. The van der Waals surface area contributed by atoms with Gasteiger partial charge in [-0.15, -0.1) is 0 Å². The van der Waals surface area contributed by atoms with Gasteiger partial charge in [0.25, 0.3) is 0 Å². The fourth-order valence-corrected chi connectivity index (χ4v) is 8.60. The minimum Gasteiger partial charge on any atom is -0.372 e. The number of ether oxygens (including phenoxy) is 3. The predicted molar refractivity (Wildman–Crippen MR) is 166 cm³/mol. The van der Waals surface area contributed by atoms with Gasteiger partial charge in [-0.3, -0.25) is 28.8 Å². The molecular formula is C36H48O9. The summed E-state index contributed by atoms with van der Waals surface area (Å²) in [6.07, 6.45) is 2.85. The molecule has 9 nitrogen and oxygen atoms in total. The zero-order valence-corrected chi connectivity index (χ0v) is 28.3. The number of ketones is 4. The van der Waals surface area contributed by atoms with Crippen molar-refractivity contribution in [2.75, 3.05) is 0 Å². The molecule has 3 aliphatic heterocycles. The highest BCUT2D eigenvalue weighted by molar-refractivity contribution is 6.23. The number of Topliss-reactive ketones (excluding diaryl/α,β-unsaturated/α-hetero) is 4. The van der Waals surface area contributed by atoms with E-state index in [-0.39, 0.29) is 88.8 Å². The van der Waals surface area contributed by atoms with Crippen molar-refractivity contribution in [2.45, 2.75) is 131 Å². The molecule has 10 atom stereocenters. The molecule has 0 spiro atoms. The second kappa shape index (κ2) is 12.7. The molecule has 5 rings (SSSR count). The summed E-state index contributed by atoms with van der Waals surface area (Å²) >= 11 is 0. The van der Waals surface area contributed by atoms with Crippen LogP contribution in [0.2, 0.25) is 0 Å². The largest absolute Gasteiger partial charge is 0.372 e.